The summed E-state index contributed by atoms with van der Waals surface area (Å²) in [6, 6.07) is 0. The van der Waals surface area contributed by atoms with Crippen molar-refractivity contribution in [2.75, 3.05) is 6.54 Å². The van der Waals surface area contributed by atoms with Crippen LogP contribution < -0.4 is 5.32 Å². The molecule has 0 saturated heterocycles. The molecule has 0 fully saturated rings. The molecule has 1 N–H and O–H groups in total. The Morgan fingerprint density at radius 1 is 1.33 bits per heavy atom. The number of carbonyl (C=O) groups excluding carboxylic acids is 1. The van der Waals surface area contributed by atoms with Crippen LogP contribution in [0.15, 0.2) is 6.20 Å². The predicted octanol–water partition coefficient (Wildman–Crippen LogP) is 3.16. The van der Waals surface area contributed by atoms with Gasteiger partial charge in [-0.3, -0.25) is 4.79 Å². The molecule has 0 saturated carbocycles. The number of imidazole rings is 1. The van der Waals surface area contributed by atoms with E-state index in [0.29, 0.717) is 31.5 Å². The lowest BCUT2D eigenvalue weighted by Crippen LogP contribution is -2.36. The Labute approximate surface area is 159 Å². The van der Waals surface area contributed by atoms with Crippen LogP contribution in [0.1, 0.15) is 46.4 Å². The average Bonchev–Trinajstić information content (AvgIpc) is 3.24. The van der Waals surface area contributed by atoms with Gasteiger partial charge in [0.05, 0.1) is 10.7 Å². The maximum atomic E-state index is 12.9. The summed E-state index contributed by atoms with van der Waals surface area (Å²) < 4.78 is 39.9. The minimum atomic E-state index is -4.46. The Morgan fingerprint density at radius 2 is 2.15 bits per heavy atom. The number of halogens is 3. The van der Waals surface area contributed by atoms with Gasteiger partial charge in [0, 0.05) is 48.6 Å². The highest BCUT2D eigenvalue weighted by Crippen LogP contribution is 2.32. The quantitative estimate of drug-likeness (QED) is 0.861. The van der Waals surface area contributed by atoms with Crippen LogP contribution >= 0.6 is 11.3 Å². The van der Waals surface area contributed by atoms with Crippen LogP contribution in [0.5, 0.6) is 0 Å². The molecule has 2 aromatic heterocycles. The molecule has 2 aliphatic rings. The fraction of sp³-hybridized carbons (Fsp3) is 0.611. The van der Waals surface area contributed by atoms with Crippen LogP contribution in [0.4, 0.5) is 13.2 Å². The summed E-state index contributed by atoms with van der Waals surface area (Å²) in [5, 5.41) is 3.98. The monoisotopic (exact) mass is 398 g/mol. The van der Waals surface area contributed by atoms with Gasteiger partial charge < -0.3 is 9.88 Å². The Hall–Kier alpha value is -1.90. The number of nitrogens with zero attached hydrogens (tertiary/aromatic N) is 3. The summed E-state index contributed by atoms with van der Waals surface area (Å²) in [5.74, 6) is -1.28. The zero-order chi connectivity index (χ0) is 19.0. The molecule has 27 heavy (non-hydrogen) atoms. The van der Waals surface area contributed by atoms with Gasteiger partial charge in [0.2, 0.25) is 11.7 Å². The van der Waals surface area contributed by atoms with Gasteiger partial charge in [0.1, 0.15) is 0 Å². The van der Waals surface area contributed by atoms with Gasteiger partial charge in [-0.15, -0.1) is 11.3 Å². The predicted molar refractivity (Wildman–Crippen MR) is 94.5 cm³/mol. The van der Waals surface area contributed by atoms with E-state index in [2.05, 4.69) is 15.3 Å². The van der Waals surface area contributed by atoms with Crippen molar-refractivity contribution in [3.63, 3.8) is 0 Å². The van der Waals surface area contributed by atoms with Gasteiger partial charge in [-0.25, -0.2) is 9.97 Å². The van der Waals surface area contributed by atoms with Crippen molar-refractivity contribution in [2.24, 2.45) is 5.92 Å². The van der Waals surface area contributed by atoms with Gasteiger partial charge >= 0.3 is 6.18 Å². The molecular formula is C18H21F3N4OS. The van der Waals surface area contributed by atoms with E-state index in [4.69, 9.17) is 0 Å². The van der Waals surface area contributed by atoms with E-state index in [1.54, 1.807) is 11.3 Å². The zero-order valence-corrected chi connectivity index (χ0v) is 15.6. The number of hydrogen-bond donors (Lipinski definition) is 1. The van der Waals surface area contributed by atoms with E-state index >= 15 is 0 Å². The topological polar surface area (TPSA) is 59.8 Å². The standard InChI is InChI=1S/C18H21F3N4OS/c19-18(20,21)17-23-10-12-9-11(6-8-25(12)17)16(26)22-7-5-15-24-13-3-1-2-4-14(13)27-15/h10-11H,1-9H2,(H,22,26)/t11-/m0/s1. The molecule has 9 heteroatoms. The molecule has 3 heterocycles. The first-order chi connectivity index (χ1) is 12.9. The lowest BCUT2D eigenvalue weighted by molar-refractivity contribution is -0.147. The molecule has 5 nitrogen and oxygen atoms in total. The number of aryl methyl sites for hydroxylation is 2. The molecule has 0 unspecified atom stereocenters. The normalized spacial score (nSPS) is 19.4. The highest BCUT2D eigenvalue weighted by molar-refractivity contribution is 7.11. The van der Waals surface area contributed by atoms with Gasteiger partial charge in [-0.1, -0.05) is 0 Å². The average molecular weight is 398 g/mol. The number of aromatic nitrogens is 3. The highest BCUT2D eigenvalue weighted by Gasteiger charge is 2.39. The Morgan fingerprint density at radius 3 is 2.93 bits per heavy atom. The molecule has 0 radical (unpaired) electrons. The van der Waals surface area contributed by atoms with E-state index in [9.17, 15) is 18.0 Å². The Kier molecular flexibility index (Phi) is 4.96. The zero-order valence-electron chi connectivity index (χ0n) is 14.8. The minimum absolute atomic E-state index is 0.0997. The molecule has 1 aliphatic carbocycles. The van der Waals surface area contributed by atoms with Crippen LogP contribution in [0, 0.1) is 5.92 Å². The molecule has 4 rings (SSSR count). The molecule has 0 aromatic carbocycles. The lowest BCUT2D eigenvalue weighted by atomic mass is 9.95. The van der Waals surface area contributed by atoms with Crippen LogP contribution in [0.3, 0.4) is 0 Å². The largest absolute Gasteiger partial charge is 0.449 e. The molecule has 2 aromatic rings. The molecule has 1 aliphatic heterocycles. The third-order valence-corrected chi connectivity index (χ3v) is 6.46. The van der Waals surface area contributed by atoms with Crippen LogP contribution in [-0.2, 0) is 43.2 Å². The van der Waals surface area contributed by atoms with Crippen molar-refractivity contribution in [3.8, 4) is 0 Å². The first-order valence-corrected chi connectivity index (χ1v) is 10.1. The second kappa shape index (κ2) is 7.26. The van der Waals surface area contributed by atoms with Crippen LogP contribution in [0.25, 0.3) is 0 Å². The van der Waals surface area contributed by atoms with Crippen molar-refractivity contribution in [3.05, 3.63) is 33.3 Å². The first-order valence-electron chi connectivity index (χ1n) is 9.28. The molecule has 0 bridgehead atoms. The van der Waals surface area contributed by atoms with E-state index in [-0.39, 0.29) is 18.4 Å². The van der Waals surface area contributed by atoms with Crippen molar-refractivity contribution in [1.82, 2.24) is 19.9 Å². The summed E-state index contributed by atoms with van der Waals surface area (Å²) in [4.78, 5) is 22.0. The summed E-state index contributed by atoms with van der Waals surface area (Å²) in [6.07, 6.45) is 2.74. The summed E-state index contributed by atoms with van der Waals surface area (Å²) in [6.45, 7) is 0.677. The SMILES string of the molecule is O=C(NCCc1nc2c(s1)CCCC2)[C@H]1CCn2c(cnc2C(F)(F)F)C1. The van der Waals surface area contributed by atoms with Gasteiger partial charge in [0.15, 0.2) is 0 Å². The molecule has 1 atom stereocenters. The smallest absolute Gasteiger partial charge is 0.355 e. The maximum Gasteiger partial charge on any atom is 0.449 e. The second-order valence-corrected chi connectivity index (χ2v) is 8.31. The third-order valence-electron chi connectivity index (χ3n) is 5.25. The van der Waals surface area contributed by atoms with Crippen molar-refractivity contribution < 1.29 is 18.0 Å². The second-order valence-electron chi connectivity index (χ2n) is 7.14. The van der Waals surface area contributed by atoms with Gasteiger partial charge in [-0.05, 0) is 32.1 Å². The molecular weight excluding hydrogens is 377 g/mol. The number of amides is 1. The fourth-order valence-corrected chi connectivity index (χ4v) is 5.02. The highest BCUT2D eigenvalue weighted by atomic mass is 32.1. The molecule has 0 spiro atoms. The summed E-state index contributed by atoms with van der Waals surface area (Å²) >= 11 is 1.74. The van der Waals surface area contributed by atoms with Crippen LogP contribution in [-0.4, -0.2) is 27.0 Å². The van der Waals surface area contributed by atoms with Gasteiger partial charge in [-0.2, -0.15) is 13.2 Å². The number of nitrogens with one attached hydrogen (secondary N) is 1. The number of rotatable bonds is 4. The molecule has 146 valence electrons. The fourth-order valence-electron chi connectivity index (χ4n) is 3.86. The number of thiazole rings is 1. The summed E-state index contributed by atoms with van der Waals surface area (Å²) in [7, 11) is 0. The maximum absolute atomic E-state index is 12.9. The van der Waals surface area contributed by atoms with Crippen molar-refractivity contribution in [2.45, 2.75) is 57.7 Å². The number of carbonyl (C=O) groups is 1. The third kappa shape index (κ3) is 3.88. The van der Waals surface area contributed by atoms with Gasteiger partial charge in [0.25, 0.3) is 0 Å². The summed E-state index contributed by atoms with van der Waals surface area (Å²) in [5.41, 5.74) is 1.69. The number of fused-ring (bicyclic) bond motifs is 2. The minimum Gasteiger partial charge on any atom is -0.355 e. The van der Waals surface area contributed by atoms with E-state index in [0.717, 1.165) is 17.8 Å². The van der Waals surface area contributed by atoms with Crippen molar-refractivity contribution in [1.29, 1.82) is 0 Å². The number of alkyl halides is 3. The van der Waals surface area contributed by atoms with E-state index in [1.807, 2.05) is 0 Å². The van der Waals surface area contributed by atoms with Crippen molar-refractivity contribution >= 4 is 17.2 Å². The Bertz CT molecular complexity index is 819. The Balaban J connectivity index is 1.30. The van der Waals surface area contributed by atoms with E-state index < -0.39 is 12.0 Å². The molecule has 1 amide bonds. The first kappa shape index (κ1) is 18.5. The number of hydrogen-bond acceptors (Lipinski definition) is 4. The lowest BCUT2D eigenvalue weighted by Gasteiger charge is -2.24. The van der Waals surface area contributed by atoms with Crippen LogP contribution in [0.2, 0.25) is 0 Å². The van der Waals surface area contributed by atoms with E-state index in [1.165, 1.54) is 34.2 Å².